The van der Waals surface area contributed by atoms with Gasteiger partial charge in [0, 0.05) is 24.9 Å². The van der Waals surface area contributed by atoms with E-state index in [1.165, 1.54) is 141 Å². The van der Waals surface area contributed by atoms with Gasteiger partial charge in [-0.2, -0.15) is 0 Å². The van der Waals surface area contributed by atoms with Crippen LogP contribution >= 0.6 is 0 Å². The molecule has 4 nitrogen and oxygen atoms in total. The average Bonchev–Trinajstić information content (AvgIpc) is 3.48. The lowest BCUT2D eigenvalue weighted by molar-refractivity contribution is -0.186. The van der Waals surface area contributed by atoms with Gasteiger partial charge in [0.25, 0.3) is 0 Å². The zero-order valence-electron chi connectivity index (χ0n) is 34.9. The first-order chi connectivity index (χ1) is 24.9. The van der Waals surface area contributed by atoms with Crippen LogP contribution in [0.25, 0.3) is 0 Å². The van der Waals surface area contributed by atoms with E-state index in [1.807, 2.05) is 0 Å². The van der Waals surface area contributed by atoms with E-state index in [0.29, 0.717) is 12.1 Å². The van der Waals surface area contributed by atoms with Crippen LogP contribution in [-0.4, -0.2) is 68.1 Å². The smallest absolute Gasteiger partial charge is 0.169 e. The molecule has 4 heteroatoms. The molecule has 1 aliphatic carbocycles. The summed E-state index contributed by atoms with van der Waals surface area (Å²) in [6, 6.07) is 1.04. The summed E-state index contributed by atoms with van der Waals surface area (Å²) < 4.78 is 14.0. The van der Waals surface area contributed by atoms with Gasteiger partial charge in [0.2, 0.25) is 0 Å². The molecule has 0 N–H and O–H groups in total. The molecule has 1 saturated heterocycles. The number of likely N-dealkylation sites (N-methyl/N-ethyl adjacent to an activating group) is 2. The molecule has 1 heterocycles. The first-order valence-corrected chi connectivity index (χ1v) is 22.2. The van der Waals surface area contributed by atoms with E-state index in [-0.39, 0.29) is 18.0 Å². The number of fused-ring (bicyclic) bond motifs is 1. The molecule has 2 rings (SSSR count). The Bertz CT molecular complexity index is 847. The van der Waals surface area contributed by atoms with Crippen molar-refractivity contribution >= 4 is 0 Å². The van der Waals surface area contributed by atoms with Crippen molar-refractivity contribution in [1.29, 1.82) is 0 Å². The van der Waals surface area contributed by atoms with E-state index in [0.717, 1.165) is 38.5 Å². The van der Waals surface area contributed by atoms with Crippen LogP contribution in [0.4, 0.5) is 0 Å². The standard InChI is InChI=1S/C47H86N2O2/c1-7-9-11-13-15-17-19-21-23-25-27-29-31-33-35-37-39-47(50-45-41-43(48(3)4)44(49(5)6)42-46(45)51-47)40-38-36-34-32-30-28-26-24-22-20-18-16-14-12-10-8-2/h15-18,21-24,43-46H,7-14,19-20,25-42H2,1-6H3/b17-15-,18-16-,23-21-,24-22-/t43-,44+,45-,46-/m0/s1. The predicted molar refractivity (Wildman–Crippen MR) is 225 cm³/mol. The fourth-order valence-electron chi connectivity index (χ4n) is 8.16. The molecule has 0 spiro atoms. The van der Waals surface area contributed by atoms with Crippen molar-refractivity contribution in [1.82, 2.24) is 9.80 Å². The highest BCUT2D eigenvalue weighted by atomic mass is 16.8. The van der Waals surface area contributed by atoms with Crippen molar-refractivity contribution in [3.63, 3.8) is 0 Å². The maximum absolute atomic E-state index is 7.02. The van der Waals surface area contributed by atoms with Gasteiger partial charge >= 0.3 is 0 Å². The fraction of sp³-hybridized carbons (Fsp3) is 0.830. The minimum Gasteiger partial charge on any atom is -0.344 e. The highest BCUT2D eigenvalue weighted by Gasteiger charge is 2.51. The fourth-order valence-corrected chi connectivity index (χ4v) is 8.16. The van der Waals surface area contributed by atoms with Crippen molar-refractivity contribution < 1.29 is 9.47 Å². The van der Waals surface area contributed by atoms with E-state index in [2.05, 4.69) is 100 Å². The van der Waals surface area contributed by atoms with Crippen LogP contribution in [0.5, 0.6) is 0 Å². The van der Waals surface area contributed by atoms with Gasteiger partial charge in [0.15, 0.2) is 5.79 Å². The molecule has 51 heavy (non-hydrogen) atoms. The molecule has 1 aliphatic heterocycles. The topological polar surface area (TPSA) is 24.9 Å². The summed E-state index contributed by atoms with van der Waals surface area (Å²) in [4.78, 5) is 4.82. The SMILES string of the molecule is CCCCC/C=C\C/C=C\CCCCCCCCC1(CCCCCCCC/C=C\C/C=C\CCCCC)O[C@H]2C[C@@H](N(C)C)[C@@H](N(C)C)C[C@@H]2O1. The third kappa shape index (κ3) is 21.3. The summed E-state index contributed by atoms with van der Waals surface area (Å²) >= 11 is 0. The molecule has 2 fully saturated rings. The molecule has 296 valence electrons. The van der Waals surface area contributed by atoms with Gasteiger partial charge in [0.1, 0.15) is 0 Å². The maximum Gasteiger partial charge on any atom is 0.169 e. The molecule has 2 aliphatic rings. The van der Waals surface area contributed by atoms with Crippen molar-refractivity contribution in [3.8, 4) is 0 Å². The van der Waals surface area contributed by atoms with E-state index in [9.17, 15) is 0 Å². The summed E-state index contributed by atoms with van der Waals surface area (Å²) in [6.45, 7) is 4.54. The van der Waals surface area contributed by atoms with Crippen LogP contribution in [0.15, 0.2) is 48.6 Å². The number of hydrogen-bond donors (Lipinski definition) is 0. The molecule has 0 radical (unpaired) electrons. The highest BCUT2D eigenvalue weighted by Crippen LogP contribution is 2.44. The van der Waals surface area contributed by atoms with Crippen LogP contribution in [0.2, 0.25) is 0 Å². The Hall–Kier alpha value is -1.20. The number of hydrogen-bond acceptors (Lipinski definition) is 4. The van der Waals surface area contributed by atoms with Gasteiger partial charge in [-0.05, 0) is 118 Å². The van der Waals surface area contributed by atoms with Crippen LogP contribution in [0, 0.1) is 0 Å². The molecule has 0 amide bonds. The van der Waals surface area contributed by atoms with E-state index >= 15 is 0 Å². The highest BCUT2D eigenvalue weighted by molar-refractivity contribution is 5.00. The summed E-state index contributed by atoms with van der Waals surface area (Å²) in [6.07, 6.45) is 54.6. The monoisotopic (exact) mass is 711 g/mol. The summed E-state index contributed by atoms with van der Waals surface area (Å²) in [7, 11) is 8.94. The quantitative estimate of drug-likeness (QED) is 0.0512. The molecule has 4 atom stereocenters. The first-order valence-electron chi connectivity index (χ1n) is 22.2. The van der Waals surface area contributed by atoms with Crippen molar-refractivity contribution in [2.24, 2.45) is 0 Å². The van der Waals surface area contributed by atoms with Crippen molar-refractivity contribution in [2.45, 2.75) is 224 Å². The van der Waals surface area contributed by atoms with Gasteiger partial charge in [-0.25, -0.2) is 0 Å². The minimum absolute atomic E-state index is 0.239. The lowest BCUT2D eigenvalue weighted by Crippen LogP contribution is -2.55. The second-order valence-electron chi connectivity index (χ2n) is 16.4. The van der Waals surface area contributed by atoms with E-state index in [4.69, 9.17) is 9.47 Å². The zero-order valence-corrected chi connectivity index (χ0v) is 34.9. The Morgan fingerprint density at radius 1 is 0.431 bits per heavy atom. The second-order valence-corrected chi connectivity index (χ2v) is 16.4. The molecular weight excluding hydrogens is 625 g/mol. The van der Waals surface area contributed by atoms with E-state index < -0.39 is 0 Å². The lowest BCUT2D eigenvalue weighted by atomic mass is 9.85. The third-order valence-electron chi connectivity index (χ3n) is 11.4. The summed E-state index contributed by atoms with van der Waals surface area (Å²) in [5, 5.41) is 0. The molecular formula is C47H86N2O2. The lowest BCUT2D eigenvalue weighted by Gasteiger charge is -2.43. The van der Waals surface area contributed by atoms with Gasteiger partial charge in [-0.1, -0.05) is 140 Å². The van der Waals surface area contributed by atoms with Gasteiger partial charge in [-0.3, -0.25) is 0 Å². The number of unbranched alkanes of at least 4 members (excludes halogenated alkanes) is 18. The third-order valence-corrected chi connectivity index (χ3v) is 11.4. The molecule has 0 aromatic carbocycles. The van der Waals surface area contributed by atoms with Gasteiger partial charge in [0.05, 0.1) is 12.2 Å². The Labute approximate surface area is 319 Å². The molecule has 0 unspecified atom stereocenters. The Morgan fingerprint density at radius 3 is 1.08 bits per heavy atom. The molecule has 0 bridgehead atoms. The number of allylic oxidation sites excluding steroid dienone is 8. The second kappa shape index (κ2) is 30.2. The minimum atomic E-state index is -0.363. The van der Waals surface area contributed by atoms with Crippen molar-refractivity contribution in [2.75, 3.05) is 28.2 Å². The first kappa shape index (κ1) is 46.0. The Balaban J connectivity index is 1.68. The number of ether oxygens (including phenoxy) is 2. The summed E-state index contributed by atoms with van der Waals surface area (Å²) in [5.41, 5.74) is 0. The maximum atomic E-state index is 7.02. The van der Waals surface area contributed by atoms with Crippen LogP contribution < -0.4 is 0 Å². The Morgan fingerprint density at radius 2 is 0.745 bits per heavy atom. The van der Waals surface area contributed by atoms with Crippen molar-refractivity contribution in [3.05, 3.63) is 48.6 Å². The molecule has 0 aromatic heterocycles. The normalized spacial score (nSPS) is 22.3. The molecule has 1 saturated carbocycles. The van der Waals surface area contributed by atoms with Gasteiger partial charge in [-0.15, -0.1) is 0 Å². The largest absolute Gasteiger partial charge is 0.344 e. The van der Waals surface area contributed by atoms with Crippen LogP contribution in [0.1, 0.15) is 194 Å². The van der Waals surface area contributed by atoms with Crippen LogP contribution in [0.3, 0.4) is 0 Å². The van der Waals surface area contributed by atoms with Gasteiger partial charge < -0.3 is 19.3 Å². The molecule has 0 aromatic rings. The summed E-state index contributed by atoms with van der Waals surface area (Å²) in [5.74, 6) is -0.363. The van der Waals surface area contributed by atoms with E-state index in [1.54, 1.807) is 0 Å². The average molecular weight is 711 g/mol. The Kier molecular flexibility index (Phi) is 27.2. The number of rotatable bonds is 32. The zero-order chi connectivity index (χ0) is 36.8. The van der Waals surface area contributed by atoms with Crippen LogP contribution in [-0.2, 0) is 9.47 Å². The predicted octanol–water partition coefficient (Wildman–Crippen LogP) is 13.5. The number of nitrogens with zero attached hydrogens (tertiary/aromatic N) is 2.